The van der Waals surface area contributed by atoms with Gasteiger partial charge in [0.2, 0.25) is 6.86 Å². The van der Waals surface area contributed by atoms with E-state index in [0.29, 0.717) is 49.0 Å². The molecule has 3 rings (SSSR count). The summed E-state index contributed by atoms with van der Waals surface area (Å²) in [7, 11) is 0. The molecule has 0 atom stereocenters. The Labute approximate surface area is 180 Å². The topological polar surface area (TPSA) is 96.8 Å². The van der Waals surface area contributed by atoms with Crippen molar-refractivity contribution in [2.45, 2.75) is 13.8 Å². The Morgan fingerprint density at radius 2 is 1.97 bits per heavy atom. The second-order valence-corrected chi connectivity index (χ2v) is 6.15. The Bertz CT molecular complexity index is 911. The Balaban J connectivity index is 0.00000166. The van der Waals surface area contributed by atoms with Crippen molar-refractivity contribution < 1.29 is 18.3 Å². The van der Waals surface area contributed by atoms with Gasteiger partial charge in [-0.15, -0.1) is 0 Å². The highest BCUT2D eigenvalue weighted by Gasteiger charge is 2.14. The van der Waals surface area contributed by atoms with Crippen LogP contribution in [0.25, 0.3) is 5.57 Å². The summed E-state index contributed by atoms with van der Waals surface area (Å²) in [4.78, 5) is 10.2. The number of halogens is 2. The first-order chi connectivity index (χ1) is 15.1. The lowest BCUT2D eigenvalue weighted by molar-refractivity contribution is 0.122. The Kier molecular flexibility index (Phi) is 9.57. The van der Waals surface area contributed by atoms with Crippen LogP contribution < -0.4 is 15.4 Å². The van der Waals surface area contributed by atoms with E-state index in [4.69, 9.17) is 20.6 Å². The quantitative estimate of drug-likeness (QED) is 0.508. The predicted octanol–water partition coefficient (Wildman–Crippen LogP) is 4.11. The third-order valence-corrected chi connectivity index (χ3v) is 4.27. The molecule has 0 radical (unpaired) electrons. The summed E-state index contributed by atoms with van der Waals surface area (Å²) in [6.45, 7) is 5.57. The van der Waals surface area contributed by atoms with E-state index in [0.717, 1.165) is 12.4 Å². The van der Waals surface area contributed by atoms with Crippen molar-refractivity contribution in [3.05, 3.63) is 54.0 Å². The van der Waals surface area contributed by atoms with Crippen molar-refractivity contribution >= 4 is 29.1 Å². The van der Waals surface area contributed by atoms with Gasteiger partial charge in [-0.2, -0.15) is 0 Å². The summed E-state index contributed by atoms with van der Waals surface area (Å²) in [6.07, 6.45) is 3.68. The zero-order valence-electron chi connectivity index (χ0n) is 17.6. The molecule has 0 amide bonds. The average Bonchev–Trinajstić information content (AvgIpc) is 2.81. The van der Waals surface area contributed by atoms with E-state index in [1.54, 1.807) is 24.3 Å². The molecule has 1 aromatic carbocycles. The number of alkyl halides is 1. The minimum absolute atomic E-state index is 0.0330. The fourth-order valence-corrected chi connectivity index (χ4v) is 2.81. The lowest BCUT2D eigenvalue weighted by atomic mass is 10.1. The van der Waals surface area contributed by atoms with Crippen LogP contribution in [-0.2, 0) is 4.74 Å². The van der Waals surface area contributed by atoms with Crippen LogP contribution in [0.2, 0.25) is 0 Å². The Morgan fingerprint density at radius 1 is 1.29 bits per heavy atom. The van der Waals surface area contributed by atoms with E-state index in [1.807, 2.05) is 18.7 Å². The van der Waals surface area contributed by atoms with Crippen molar-refractivity contribution in [2.24, 2.45) is 10.7 Å². The number of nitrogens with two attached hydrogens (primary N) is 1. The number of rotatable bonds is 7. The fraction of sp³-hybridized carbons (Fsp3) is 0.318. The SMILES string of the molecule is CC.N=C/C(=C\C(N)=Nc1cc(N2CCOCC2)ncc1F)c1ccc(OCF)cc1. The third-order valence-electron chi connectivity index (χ3n) is 4.27. The van der Waals surface area contributed by atoms with Gasteiger partial charge in [0.05, 0.1) is 19.4 Å². The first-order valence-electron chi connectivity index (χ1n) is 9.94. The van der Waals surface area contributed by atoms with Gasteiger partial charge in [0.25, 0.3) is 0 Å². The van der Waals surface area contributed by atoms with E-state index in [9.17, 15) is 8.78 Å². The highest BCUT2D eigenvalue weighted by atomic mass is 19.1. The fourth-order valence-electron chi connectivity index (χ4n) is 2.81. The number of aromatic nitrogens is 1. The average molecular weight is 431 g/mol. The number of allylic oxidation sites excluding steroid dienone is 1. The van der Waals surface area contributed by atoms with Crippen molar-refractivity contribution in [2.75, 3.05) is 38.1 Å². The largest absolute Gasteiger partial charge is 0.463 e. The standard InChI is InChI=1S/C20H21F2N5O2.C2H6/c21-13-29-16-3-1-14(2-4-16)15(11-23)9-19(24)26-18-10-20(25-12-17(18)22)27-5-7-28-8-6-27;1-2/h1-4,9-12,23H,5-8,13H2,(H2,24,25,26);1-2H3/b15-9+,23-11?;. The molecule has 0 spiro atoms. The number of benzene rings is 1. The first kappa shape index (κ1) is 23.9. The number of morpholine rings is 1. The normalized spacial score (nSPS) is 14.5. The van der Waals surface area contributed by atoms with Gasteiger partial charge in [-0.3, -0.25) is 0 Å². The van der Waals surface area contributed by atoms with Gasteiger partial charge in [0, 0.05) is 30.9 Å². The second-order valence-electron chi connectivity index (χ2n) is 6.15. The van der Waals surface area contributed by atoms with Gasteiger partial charge >= 0.3 is 0 Å². The summed E-state index contributed by atoms with van der Waals surface area (Å²) in [5, 5.41) is 7.62. The molecule has 2 heterocycles. The van der Waals surface area contributed by atoms with Crippen molar-refractivity contribution in [3.8, 4) is 5.75 Å². The molecule has 31 heavy (non-hydrogen) atoms. The maximum Gasteiger partial charge on any atom is 0.228 e. The molecule has 1 aromatic heterocycles. The van der Waals surface area contributed by atoms with Crippen LogP contribution in [0.5, 0.6) is 5.75 Å². The van der Waals surface area contributed by atoms with Crippen molar-refractivity contribution in [3.63, 3.8) is 0 Å². The summed E-state index contributed by atoms with van der Waals surface area (Å²) < 4.78 is 36.5. The van der Waals surface area contributed by atoms with E-state index >= 15 is 0 Å². The maximum atomic E-state index is 14.2. The minimum Gasteiger partial charge on any atom is -0.463 e. The van der Waals surface area contributed by atoms with Crippen LogP contribution in [0.15, 0.2) is 47.6 Å². The number of nitrogens with zero attached hydrogens (tertiary/aromatic N) is 3. The van der Waals surface area contributed by atoms with Gasteiger partial charge in [-0.1, -0.05) is 26.0 Å². The van der Waals surface area contributed by atoms with E-state index in [2.05, 4.69) is 9.98 Å². The summed E-state index contributed by atoms with van der Waals surface area (Å²) >= 11 is 0. The highest BCUT2D eigenvalue weighted by molar-refractivity contribution is 6.16. The van der Waals surface area contributed by atoms with Gasteiger partial charge in [0.1, 0.15) is 23.1 Å². The highest BCUT2D eigenvalue weighted by Crippen LogP contribution is 2.24. The molecule has 0 bridgehead atoms. The lowest BCUT2D eigenvalue weighted by Gasteiger charge is -2.27. The Morgan fingerprint density at radius 3 is 2.58 bits per heavy atom. The molecule has 0 saturated carbocycles. The van der Waals surface area contributed by atoms with Gasteiger partial charge in [-0.05, 0) is 23.8 Å². The molecule has 2 aromatic rings. The van der Waals surface area contributed by atoms with Crippen molar-refractivity contribution in [1.29, 1.82) is 5.41 Å². The first-order valence-corrected chi connectivity index (χ1v) is 9.94. The predicted molar refractivity (Wildman–Crippen MR) is 120 cm³/mol. The molecule has 0 unspecified atom stereocenters. The van der Waals surface area contributed by atoms with Gasteiger partial charge < -0.3 is 25.5 Å². The van der Waals surface area contributed by atoms with Crippen LogP contribution >= 0.6 is 0 Å². The molecule has 1 fully saturated rings. The summed E-state index contributed by atoms with van der Waals surface area (Å²) in [5.41, 5.74) is 7.15. The lowest BCUT2D eigenvalue weighted by Crippen LogP contribution is -2.36. The number of pyridine rings is 1. The zero-order chi connectivity index (χ0) is 22.6. The number of nitrogens with one attached hydrogen (secondary N) is 1. The molecule has 7 nitrogen and oxygen atoms in total. The molecular weight excluding hydrogens is 404 g/mol. The molecule has 0 aliphatic carbocycles. The number of anilines is 1. The zero-order valence-corrected chi connectivity index (χ0v) is 17.6. The minimum atomic E-state index is -0.920. The van der Waals surface area contributed by atoms with Crippen LogP contribution in [0.3, 0.4) is 0 Å². The van der Waals surface area contributed by atoms with Gasteiger partial charge in [0.15, 0.2) is 5.82 Å². The molecule has 1 aliphatic rings. The molecule has 3 N–H and O–H groups in total. The number of hydrogen-bond acceptors (Lipinski definition) is 6. The number of ether oxygens (including phenoxy) is 2. The summed E-state index contributed by atoms with van der Waals surface area (Å²) in [6, 6.07) is 8.03. The van der Waals surface area contributed by atoms with Crippen LogP contribution in [-0.4, -0.2) is 50.2 Å². The molecule has 1 aliphatic heterocycles. The van der Waals surface area contributed by atoms with Crippen LogP contribution in [0.1, 0.15) is 19.4 Å². The summed E-state index contributed by atoms with van der Waals surface area (Å²) in [5.74, 6) is 0.408. The monoisotopic (exact) mass is 431 g/mol. The van der Waals surface area contributed by atoms with Crippen molar-refractivity contribution in [1.82, 2.24) is 4.98 Å². The van der Waals surface area contributed by atoms with Crippen LogP contribution in [0, 0.1) is 11.2 Å². The number of amidine groups is 1. The maximum absolute atomic E-state index is 14.2. The second kappa shape index (κ2) is 12.4. The number of hydrogen-bond donors (Lipinski definition) is 2. The van der Waals surface area contributed by atoms with E-state index < -0.39 is 12.7 Å². The number of aliphatic imine (C=N–C) groups is 1. The molecule has 1 saturated heterocycles. The van der Waals surface area contributed by atoms with E-state index in [-0.39, 0.29) is 11.5 Å². The molecular formula is C22H27F2N5O2. The molecule has 9 heteroatoms. The third kappa shape index (κ3) is 6.85. The van der Waals surface area contributed by atoms with E-state index in [1.165, 1.54) is 12.1 Å². The smallest absolute Gasteiger partial charge is 0.228 e. The Hall–Kier alpha value is -3.33. The molecule has 166 valence electrons. The van der Waals surface area contributed by atoms with Gasteiger partial charge in [-0.25, -0.2) is 18.8 Å². The van der Waals surface area contributed by atoms with Crippen LogP contribution in [0.4, 0.5) is 20.3 Å².